The monoisotopic (exact) mass is 836 g/mol. The summed E-state index contributed by atoms with van der Waals surface area (Å²) in [6, 6.07) is 21.3. The number of anilines is 2. The van der Waals surface area contributed by atoms with Gasteiger partial charge in [-0.3, -0.25) is 14.6 Å². The minimum absolute atomic E-state index is 0.0895. The van der Waals surface area contributed by atoms with Gasteiger partial charge in [-0.1, -0.05) is 24.3 Å². The van der Waals surface area contributed by atoms with Crippen LogP contribution in [0.2, 0.25) is 0 Å². The van der Waals surface area contributed by atoms with Crippen LogP contribution in [0.15, 0.2) is 85.1 Å². The molecule has 1 aromatic heterocycles. The highest BCUT2D eigenvalue weighted by molar-refractivity contribution is 6.06. The average molecular weight is 837 g/mol. The summed E-state index contributed by atoms with van der Waals surface area (Å²) in [6.07, 6.45) is 2.53. The van der Waals surface area contributed by atoms with Crippen LogP contribution in [-0.4, -0.2) is 101 Å². The number of hydrogen-bond donors (Lipinski definition) is 3. The van der Waals surface area contributed by atoms with Crippen LogP contribution in [-0.2, 0) is 42.8 Å². The molecule has 0 aliphatic carbocycles. The lowest BCUT2D eigenvalue weighted by Gasteiger charge is -2.29. The first-order valence-corrected chi connectivity index (χ1v) is 20.4. The van der Waals surface area contributed by atoms with Gasteiger partial charge in [-0.05, 0) is 104 Å². The number of ether oxygens (including phenoxy) is 5. The van der Waals surface area contributed by atoms with Crippen molar-refractivity contribution in [2.75, 3.05) is 89.6 Å². The molecular weight excluding hydrogens is 782 g/mol. The number of alkyl halides is 3. The number of benzene rings is 3. The van der Waals surface area contributed by atoms with Gasteiger partial charge < -0.3 is 44.3 Å². The van der Waals surface area contributed by atoms with E-state index in [-0.39, 0.29) is 24.8 Å². The molecule has 2 heterocycles. The highest BCUT2D eigenvalue weighted by Gasteiger charge is 2.30. The number of aliphatic hydroxyl groups excluding tert-OH is 1. The third-order valence-electron chi connectivity index (χ3n) is 9.71. The maximum atomic E-state index is 13.7. The number of nitrogens with zero attached hydrogens (tertiary/aromatic N) is 2. The number of piperidine rings is 1. The first-order chi connectivity index (χ1) is 29.2. The van der Waals surface area contributed by atoms with Crippen LogP contribution in [0, 0.1) is 0 Å². The highest BCUT2D eigenvalue weighted by atomic mass is 19.4. The van der Waals surface area contributed by atoms with E-state index >= 15 is 0 Å². The van der Waals surface area contributed by atoms with Gasteiger partial charge in [0.15, 0.2) is 0 Å². The number of amides is 2. The Balaban J connectivity index is 1.12. The molecule has 3 N–H and O–H groups in total. The summed E-state index contributed by atoms with van der Waals surface area (Å²) in [6.45, 7) is 5.80. The molecule has 0 atom stereocenters. The number of hydrogen-bond acceptors (Lipinski definition) is 10. The Hall–Kier alpha value is -4.90. The Bertz CT molecular complexity index is 1930. The number of aryl methyl sites for hydroxylation is 1. The van der Waals surface area contributed by atoms with E-state index in [4.69, 9.17) is 28.8 Å². The number of halogens is 3. The fourth-order valence-electron chi connectivity index (χ4n) is 6.59. The van der Waals surface area contributed by atoms with Crippen molar-refractivity contribution in [2.24, 2.45) is 0 Å². The Labute approximate surface area is 349 Å². The van der Waals surface area contributed by atoms with E-state index in [0.717, 1.165) is 68.6 Å². The highest BCUT2D eigenvalue weighted by Crippen LogP contribution is 2.33. The summed E-state index contributed by atoms with van der Waals surface area (Å²) in [5.74, 6) is -0.768. The molecule has 60 heavy (non-hydrogen) atoms. The molecule has 1 aliphatic heterocycles. The topological polar surface area (TPSA) is 141 Å². The fourth-order valence-corrected chi connectivity index (χ4v) is 6.59. The zero-order chi connectivity index (χ0) is 42.4. The van der Waals surface area contributed by atoms with Crippen LogP contribution in [0.5, 0.6) is 0 Å². The van der Waals surface area contributed by atoms with Crippen molar-refractivity contribution in [3.05, 3.63) is 113 Å². The van der Waals surface area contributed by atoms with Crippen molar-refractivity contribution in [3.63, 3.8) is 0 Å². The SMILES string of the molecule is O=C(NCc1cccc(C(F)(F)F)c1)c1ccnc(-c2cc(N3CCCCC3)ccc2NC(=O)c2cccc(CCCOCCOCCOCCOCCCOCO)c2)c1. The van der Waals surface area contributed by atoms with Crippen molar-refractivity contribution < 1.29 is 51.6 Å². The van der Waals surface area contributed by atoms with E-state index in [0.29, 0.717) is 94.0 Å². The van der Waals surface area contributed by atoms with E-state index in [1.54, 1.807) is 18.2 Å². The van der Waals surface area contributed by atoms with Crippen molar-refractivity contribution in [1.29, 1.82) is 0 Å². The summed E-state index contributed by atoms with van der Waals surface area (Å²) < 4.78 is 66.7. The molecule has 1 fully saturated rings. The molecule has 2 amide bonds. The van der Waals surface area contributed by atoms with Crippen molar-refractivity contribution in [2.45, 2.75) is 51.2 Å². The van der Waals surface area contributed by atoms with E-state index in [1.807, 2.05) is 36.4 Å². The molecule has 1 saturated heterocycles. The van der Waals surface area contributed by atoms with Gasteiger partial charge in [0, 0.05) is 61.4 Å². The van der Waals surface area contributed by atoms with E-state index in [9.17, 15) is 22.8 Å². The molecular formula is C45H55F3N4O8. The maximum Gasteiger partial charge on any atom is 0.416 e. The van der Waals surface area contributed by atoms with Gasteiger partial charge in [0.1, 0.15) is 6.79 Å². The molecule has 0 bridgehead atoms. The third kappa shape index (κ3) is 15.6. The van der Waals surface area contributed by atoms with Crippen molar-refractivity contribution >= 4 is 23.2 Å². The molecule has 0 radical (unpaired) electrons. The first kappa shape index (κ1) is 46.2. The van der Waals surface area contributed by atoms with Gasteiger partial charge in [0.25, 0.3) is 11.8 Å². The zero-order valence-corrected chi connectivity index (χ0v) is 33.9. The first-order valence-electron chi connectivity index (χ1n) is 20.4. The lowest BCUT2D eigenvalue weighted by molar-refractivity contribution is -0.137. The Morgan fingerprint density at radius 1 is 0.683 bits per heavy atom. The van der Waals surface area contributed by atoms with Crippen LogP contribution in [0.3, 0.4) is 0 Å². The van der Waals surface area contributed by atoms with Gasteiger partial charge in [-0.2, -0.15) is 13.2 Å². The summed E-state index contributed by atoms with van der Waals surface area (Å²) in [5.41, 5.74) is 3.89. The van der Waals surface area contributed by atoms with Crippen LogP contribution in [0.25, 0.3) is 11.3 Å². The number of carbonyl (C=O) groups excluding carboxylic acids is 2. The molecule has 324 valence electrons. The second kappa shape index (κ2) is 25.0. The van der Waals surface area contributed by atoms with E-state index in [1.165, 1.54) is 18.3 Å². The van der Waals surface area contributed by atoms with Crippen LogP contribution in [0.4, 0.5) is 24.5 Å². The van der Waals surface area contributed by atoms with Crippen molar-refractivity contribution in [1.82, 2.24) is 10.3 Å². The summed E-state index contributed by atoms with van der Waals surface area (Å²) in [5, 5.41) is 14.3. The molecule has 0 saturated carbocycles. The molecule has 0 spiro atoms. The maximum absolute atomic E-state index is 13.7. The van der Waals surface area contributed by atoms with Gasteiger partial charge in [0.05, 0.1) is 63.2 Å². The number of pyridine rings is 1. The standard InChI is InChI=1S/C45H55F3N4O8/c46-45(47,48)38-12-5-9-35(29-38)32-50-43(54)37-15-16-49-42(30-37)40-31-39(52-17-2-1-3-18-52)13-14-41(40)51-44(55)36-11-4-8-34(28-36)10-6-19-56-22-24-58-26-27-59-25-23-57-20-7-21-60-33-53/h4-5,8-9,11-16,28-31,53H,1-3,6-7,10,17-27,32-33H2,(H,50,54)(H,51,55). The zero-order valence-electron chi connectivity index (χ0n) is 33.9. The third-order valence-corrected chi connectivity index (χ3v) is 9.71. The van der Waals surface area contributed by atoms with Gasteiger partial charge >= 0.3 is 6.18 Å². The van der Waals surface area contributed by atoms with Gasteiger partial charge in [-0.15, -0.1) is 0 Å². The van der Waals surface area contributed by atoms with Crippen LogP contribution >= 0.6 is 0 Å². The average Bonchev–Trinajstić information content (AvgIpc) is 3.27. The second-order valence-electron chi connectivity index (χ2n) is 14.2. The molecule has 1 aliphatic rings. The number of carbonyl (C=O) groups is 2. The number of nitrogens with one attached hydrogen (secondary N) is 2. The second-order valence-corrected chi connectivity index (χ2v) is 14.2. The molecule has 15 heteroatoms. The van der Waals surface area contributed by atoms with Crippen LogP contribution < -0.4 is 15.5 Å². The predicted octanol–water partition coefficient (Wildman–Crippen LogP) is 7.30. The van der Waals surface area contributed by atoms with Gasteiger partial charge in [-0.25, -0.2) is 0 Å². The quantitative estimate of drug-likeness (QED) is 0.0461. The minimum Gasteiger partial charge on any atom is -0.379 e. The van der Waals surface area contributed by atoms with Gasteiger partial charge in [0.2, 0.25) is 0 Å². The Kier molecular flexibility index (Phi) is 19.2. The van der Waals surface area contributed by atoms with E-state index < -0.39 is 17.6 Å². The lowest BCUT2D eigenvalue weighted by atomic mass is 10.0. The fraction of sp³-hybridized carbons (Fsp3) is 0.444. The lowest BCUT2D eigenvalue weighted by Crippen LogP contribution is -2.29. The molecule has 5 rings (SSSR count). The summed E-state index contributed by atoms with van der Waals surface area (Å²) in [4.78, 5) is 33.8. The van der Waals surface area contributed by atoms with Crippen molar-refractivity contribution in [3.8, 4) is 11.3 Å². The molecule has 12 nitrogen and oxygen atoms in total. The minimum atomic E-state index is -4.49. The Morgan fingerprint density at radius 2 is 1.33 bits per heavy atom. The smallest absolute Gasteiger partial charge is 0.379 e. The number of aromatic nitrogens is 1. The number of rotatable bonds is 25. The largest absolute Gasteiger partial charge is 0.416 e. The van der Waals surface area contributed by atoms with E-state index in [2.05, 4.69) is 20.5 Å². The predicted molar refractivity (Wildman–Crippen MR) is 222 cm³/mol. The molecule has 4 aromatic rings. The Morgan fingerprint density at radius 3 is 2.05 bits per heavy atom. The molecule has 3 aromatic carbocycles. The number of aliphatic hydroxyl groups is 1. The van der Waals surface area contributed by atoms with Crippen LogP contribution in [0.1, 0.15) is 69.5 Å². The normalized spacial score (nSPS) is 13.0. The summed E-state index contributed by atoms with van der Waals surface area (Å²) in [7, 11) is 0. The summed E-state index contributed by atoms with van der Waals surface area (Å²) >= 11 is 0. The molecule has 0 unspecified atom stereocenters.